The van der Waals surface area contributed by atoms with Gasteiger partial charge in [0.15, 0.2) is 6.10 Å². The number of nitrogens with one attached hydrogen (secondary N) is 1. The first-order chi connectivity index (χ1) is 10.3. The van der Waals surface area contributed by atoms with Gasteiger partial charge in [-0.1, -0.05) is 0 Å². The minimum Gasteiger partial charge on any atom is -0.453 e. The predicted octanol–water partition coefficient (Wildman–Crippen LogP) is -0.693. The molecule has 0 radical (unpaired) electrons. The van der Waals surface area contributed by atoms with Crippen molar-refractivity contribution >= 4 is 11.9 Å². The van der Waals surface area contributed by atoms with Crippen LogP contribution in [0.5, 0.6) is 0 Å². The van der Waals surface area contributed by atoms with E-state index in [4.69, 9.17) is 9.84 Å². The van der Waals surface area contributed by atoms with Gasteiger partial charge >= 0.3 is 17.7 Å². The van der Waals surface area contributed by atoms with Gasteiger partial charge in [0.2, 0.25) is 6.23 Å². The van der Waals surface area contributed by atoms with Gasteiger partial charge in [-0.15, -0.1) is 0 Å². The van der Waals surface area contributed by atoms with Crippen LogP contribution in [0.3, 0.4) is 0 Å². The number of hydrogen-bond donors (Lipinski definition) is 3. The van der Waals surface area contributed by atoms with Crippen molar-refractivity contribution in [1.82, 2.24) is 9.55 Å². The number of aliphatic hydroxyl groups excluding tert-OH is 2. The molecule has 0 aromatic carbocycles. The minimum absolute atomic E-state index is 0.200. The molecular weight excluding hydrogens is 308 g/mol. The fourth-order valence-corrected chi connectivity index (χ4v) is 1.93. The van der Waals surface area contributed by atoms with E-state index in [1.54, 1.807) is 0 Å². The van der Waals surface area contributed by atoms with Crippen molar-refractivity contribution in [1.29, 1.82) is 0 Å². The van der Waals surface area contributed by atoms with E-state index < -0.39 is 42.7 Å². The summed E-state index contributed by atoms with van der Waals surface area (Å²) < 4.78 is 37.4. The third-order valence-electron chi connectivity index (χ3n) is 3.06. The number of rotatable bonds is 3. The molecule has 122 valence electrons. The summed E-state index contributed by atoms with van der Waals surface area (Å²) in [5.74, 6) is -4.00. The molecule has 0 bridgehead atoms. The van der Waals surface area contributed by atoms with Gasteiger partial charge < -0.3 is 19.7 Å². The molecule has 1 amide bonds. The molecule has 3 N–H and O–H groups in total. The van der Waals surface area contributed by atoms with Gasteiger partial charge in [0, 0.05) is 6.20 Å². The fraction of sp³-hybridized carbons (Fsp3) is 0.545. The summed E-state index contributed by atoms with van der Waals surface area (Å²) in [6, 6.07) is 1.08. The molecule has 0 aliphatic carbocycles. The molecular formula is C11H13F2N3O6. The molecule has 1 aromatic rings. The second kappa shape index (κ2) is 5.94. The van der Waals surface area contributed by atoms with Crippen molar-refractivity contribution in [3.63, 3.8) is 0 Å². The van der Waals surface area contributed by atoms with E-state index in [1.165, 1.54) is 0 Å². The van der Waals surface area contributed by atoms with E-state index in [1.807, 2.05) is 0 Å². The first kappa shape index (κ1) is 16.3. The van der Waals surface area contributed by atoms with Crippen LogP contribution in [0.1, 0.15) is 6.23 Å². The lowest BCUT2D eigenvalue weighted by molar-refractivity contribution is -0.140. The molecule has 1 aromatic heterocycles. The van der Waals surface area contributed by atoms with Crippen molar-refractivity contribution in [2.45, 2.75) is 24.4 Å². The number of halogens is 2. The highest BCUT2D eigenvalue weighted by atomic mass is 19.3. The van der Waals surface area contributed by atoms with Gasteiger partial charge in [-0.05, 0) is 6.07 Å². The molecule has 2 heterocycles. The number of carbonyl (C=O) groups is 1. The second-order valence-electron chi connectivity index (χ2n) is 4.45. The van der Waals surface area contributed by atoms with Gasteiger partial charge in [0.25, 0.3) is 0 Å². The summed E-state index contributed by atoms with van der Waals surface area (Å²) >= 11 is 0. The van der Waals surface area contributed by atoms with Crippen LogP contribution in [0.4, 0.5) is 19.4 Å². The van der Waals surface area contributed by atoms with E-state index in [0.717, 1.165) is 19.4 Å². The Morgan fingerprint density at radius 3 is 2.82 bits per heavy atom. The standard InChI is InChI=1S/C11H13F2N3O6/c1-21-10(20)15-6-2-3-16(9(19)14-6)8-11(12,13)7(18)5(4-17)22-8/h2-3,5,7-8,17-18H,4H2,1H3,(H,14,15,19,20)/t5-,7?,8-/m1/s1. The molecule has 0 spiro atoms. The molecule has 22 heavy (non-hydrogen) atoms. The molecule has 1 aliphatic rings. The van der Waals surface area contributed by atoms with E-state index in [9.17, 15) is 23.5 Å². The first-order valence-electron chi connectivity index (χ1n) is 6.07. The number of aliphatic hydroxyl groups is 2. The third-order valence-corrected chi connectivity index (χ3v) is 3.06. The van der Waals surface area contributed by atoms with E-state index in [0.29, 0.717) is 4.57 Å². The lowest BCUT2D eigenvalue weighted by Crippen LogP contribution is -2.41. The van der Waals surface area contributed by atoms with Crippen LogP contribution in [0.15, 0.2) is 17.1 Å². The minimum atomic E-state index is -3.80. The van der Waals surface area contributed by atoms with Crippen molar-refractivity contribution in [2.75, 3.05) is 19.0 Å². The summed E-state index contributed by atoms with van der Waals surface area (Å²) in [6.45, 7) is -0.836. The van der Waals surface area contributed by atoms with Crippen LogP contribution >= 0.6 is 0 Å². The Bertz CT molecular complexity index is 622. The summed E-state index contributed by atoms with van der Waals surface area (Å²) in [6.07, 6.45) is -5.87. The fourth-order valence-electron chi connectivity index (χ4n) is 1.93. The normalized spacial score (nSPS) is 26.7. The Morgan fingerprint density at radius 2 is 2.32 bits per heavy atom. The number of aromatic nitrogens is 2. The molecule has 2 rings (SSSR count). The number of amides is 1. The number of hydrogen-bond acceptors (Lipinski definition) is 7. The average molecular weight is 321 g/mol. The van der Waals surface area contributed by atoms with Crippen LogP contribution in [0.2, 0.25) is 0 Å². The molecule has 11 heteroatoms. The SMILES string of the molecule is COC(=O)Nc1ccn([C@@H]2O[C@H](CO)C(O)C2(F)F)c(=O)n1. The van der Waals surface area contributed by atoms with Crippen LogP contribution < -0.4 is 11.0 Å². The lowest BCUT2D eigenvalue weighted by atomic mass is 10.1. The average Bonchev–Trinajstić information content (AvgIpc) is 2.70. The third kappa shape index (κ3) is 2.77. The topological polar surface area (TPSA) is 123 Å². The molecule has 1 saturated heterocycles. The molecule has 1 aliphatic heterocycles. The van der Waals surface area contributed by atoms with Crippen molar-refractivity contribution in [3.05, 3.63) is 22.7 Å². The number of carbonyl (C=O) groups excluding carboxylic acids is 1. The largest absolute Gasteiger partial charge is 0.453 e. The number of anilines is 1. The van der Waals surface area contributed by atoms with Crippen LogP contribution in [0, 0.1) is 0 Å². The van der Waals surface area contributed by atoms with Crippen LogP contribution in [-0.4, -0.2) is 57.7 Å². The molecule has 9 nitrogen and oxygen atoms in total. The van der Waals surface area contributed by atoms with Gasteiger partial charge in [-0.2, -0.15) is 13.8 Å². The van der Waals surface area contributed by atoms with Crippen molar-refractivity contribution < 1.29 is 33.3 Å². The Morgan fingerprint density at radius 1 is 1.64 bits per heavy atom. The van der Waals surface area contributed by atoms with Gasteiger partial charge in [0.1, 0.15) is 11.9 Å². The van der Waals surface area contributed by atoms with Gasteiger partial charge in [0.05, 0.1) is 13.7 Å². The van der Waals surface area contributed by atoms with Crippen molar-refractivity contribution in [2.24, 2.45) is 0 Å². The van der Waals surface area contributed by atoms with E-state index in [2.05, 4.69) is 15.0 Å². The zero-order chi connectivity index (χ0) is 16.5. The van der Waals surface area contributed by atoms with E-state index >= 15 is 0 Å². The maximum atomic E-state index is 13.9. The maximum absolute atomic E-state index is 13.9. The highest BCUT2D eigenvalue weighted by Gasteiger charge is 2.59. The summed E-state index contributed by atoms with van der Waals surface area (Å²) in [4.78, 5) is 26.1. The number of nitrogens with zero attached hydrogens (tertiary/aromatic N) is 2. The second-order valence-corrected chi connectivity index (χ2v) is 4.45. The quantitative estimate of drug-likeness (QED) is 0.673. The maximum Gasteiger partial charge on any atom is 0.412 e. The predicted molar refractivity (Wildman–Crippen MR) is 66.5 cm³/mol. The highest BCUT2D eigenvalue weighted by Crippen LogP contribution is 2.41. The summed E-state index contributed by atoms with van der Waals surface area (Å²) in [5.41, 5.74) is -1.13. The highest BCUT2D eigenvalue weighted by molar-refractivity contribution is 5.82. The molecule has 1 fully saturated rings. The molecule has 3 atom stereocenters. The molecule has 1 unspecified atom stereocenters. The summed E-state index contributed by atoms with van der Waals surface area (Å²) in [5, 5.41) is 20.4. The number of ether oxygens (including phenoxy) is 2. The first-order valence-corrected chi connectivity index (χ1v) is 6.07. The van der Waals surface area contributed by atoms with E-state index in [-0.39, 0.29) is 5.82 Å². The Kier molecular flexibility index (Phi) is 4.39. The van der Waals surface area contributed by atoms with Crippen LogP contribution in [0.25, 0.3) is 0 Å². The smallest absolute Gasteiger partial charge is 0.412 e. The van der Waals surface area contributed by atoms with Gasteiger partial charge in [-0.3, -0.25) is 9.88 Å². The summed E-state index contributed by atoms with van der Waals surface area (Å²) in [7, 11) is 1.10. The lowest BCUT2D eigenvalue weighted by Gasteiger charge is -2.21. The van der Waals surface area contributed by atoms with Crippen molar-refractivity contribution in [3.8, 4) is 0 Å². The Hall–Kier alpha value is -2.11. The Balaban J connectivity index is 2.30. The zero-order valence-electron chi connectivity index (χ0n) is 11.3. The zero-order valence-corrected chi connectivity index (χ0v) is 11.3. The van der Waals surface area contributed by atoms with Gasteiger partial charge in [-0.25, -0.2) is 9.59 Å². The molecule has 0 saturated carbocycles. The number of methoxy groups -OCH3 is 1. The van der Waals surface area contributed by atoms with Crippen LogP contribution in [-0.2, 0) is 9.47 Å². The monoisotopic (exact) mass is 321 g/mol. The number of alkyl halides is 2. The Labute approximate surface area is 122 Å².